The van der Waals surface area contributed by atoms with Crippen LogP contribution in [-0.4, -0.2) is 16.1 Å². The van der Waals surface area contributed by atoms with Gasteiger partial charge < -0.3 is 15.4 Å². The number of hydrogen-bond donors (Lipinski definition) is 2. The van der Waals surface area contributed by atoms with Gasteiger partial charge in [-0.1, -0.05) is 42.0 Å². The third-order valence-corrected chi connectivity index (χ3v) is 3.71. The summed E-state index contributed by atoms with van der Waals surface area (Å²) in [5.74, 6) is 2.08. The molecule has 134 valence electrons. The van der Waals surface area contributed by atoms with Gasteiger partial charge in [-0.2, -0.15) is 4.98 Å². The van der Waals surface area contributed by atoms with Crippen LogP contribution < -0.4 is 15.4 Å². The monoisotopic (exact) mass is 348 g/mol. The lowest BCUT2D eigenvalue weighted by molar-refractivity contribution is 0.244. The Labute approximate surface area is 154 Å². The molecule has 0 unspecified atom stereocenters. The number of rotatable bonds is 7. The van der Waals surface area contributed by atoms with Crippen LogP contribution in [0.25, 0.3) is 0 Å². The summed E-state index contributed by atoms with van der Waals surface area (Å²) < 4.78 is 5.83. The van der Waals surface area contributed by atoms with E-state index in [1.54, 1.807) is 6.20 Å². The average molecular weight is 348 g/mol. The molecule has 0 aliphatic rings. The fourth-order valence-electron chi connectivity index (χ4n) is 2.58. The number of nitrogens with zero attached hydrogens (tertiary/aromatic N) is 2. The number of benzene rings is 2. The van der Waals surface area contributed by atoms with Gasteiger partial charge in [0.05, 0.1) is 11.8 Å². The maximum atomic E-state index is 5.83. The van der Waals surface area contributed by atoms with Crippen LogP contribution in [0.1, 0.15) is 25.0 Å². The molecule has 2 aromatic carbocycles. The molecule has 0 bridgehead atoms. The number of hydrogen-bond acceptors (Lipinski definition) is 5. The van der Waals surface area contributed by atoms with Gasteiger partial charge in [-0.05, 0) is 44.5 Å². The molecule has 3 aromatic rings. The largest absolute Gasteiger partial charge is 0.489 e. The van der Waals surface area contributed by atoms with Crippen molar-refractivity contribution in [2.45, 2.75) is 33.4 Å². The van der Waals surface area contributed by atoms with Gasteiger partial charge in [0.2, 0.25) is 5.95 Å². The summed E-state index contributed by atoms with van der Waals surface area (Å²) in [4.78, 5) is 8.84. The highest BCUT2D eigenvalue weighted by Gasteiger charge is 2.07. The Hall–Kier alpha value is -3.08. The molecule has 5 heteroatoms. The van der Waals surface area contributed by atoms with Gasteiger partial charge in [-0.25, -0.2) is 4.98 Å². The second-order valence-corrected chi connectivity index (χ2v) is 6.40. The Morgan fingerprint density at radius 3 is 2.69 bits per heavy atom. The summed E-state index contributed by atoms with van der Waals surface area (Å²) in [6, 6.07) is 18.1. The summed E-state index contributed by atoms with van der Waals surface area (Å²) in [5, 5.41) is 6.58. The van der Waals surface area contributed by atoms with E-state index >= 15 is 0 Å². The molecule has 26 heavy (non-hydrogen) atoms. The normalized spacial score (nSPS) is 10.6. The molecule has 0 radical (unpaired) electrons. The molecule has 0 aliphatic heterocycles. The first-order valence-electron chi connectivity index (χ1n) is 8.75. The van der Waals surface area contributed by atoms with Crippen molar-refractivity contribution < 1.29 is 4.74 Å². The highest BCUT2D eigenvalue weighted by atomic mass is 16.5. The lowest BCUT2D eigenvalue weighted by atomic mass is 10.1. The molecule has 3 rings (SSSR count). The van der Waals surface area contributed by atoms with Gasteiger partial charge in [0.25, 0.3) is 0 Å². The van der Waals surface area contributed by atoms with Gasteiger partial charge in [0, 0.05) is 12.7 Å². The smallest absolute Gasteiger partial charge is 0.229 e. The third kappa shape index (κ3) is 4.96. The van der Waals surface area contributed by atoms with Crippen molar-refractivity contribution in [2.24, 2.45) is 0 Å². The number of anilines is 3. The van der Waals surface area contributed by atoms with Gasteiger partial charge >= 0.3 is 0 Å². The minimum atomic E-state index is 0.0983. The quantitative estimate of drug-likeness (QED) is 0.634. The van der Waals surface area contributed by atoms with Gasteiger partial charge in [0.15, 0.2) is 0 Å². The second-order valence-electron chi connectivity index (χ2n) is 6.40. The summed E-state index contributed by atoms with van der Waals surface area (Å²) in [7, 11) is 0. The van der Waals surface area contributed by atoms with Crippen molar-refractivity contribution >= 4 is 17.5 Å². The third-order valence-electron chi connectivity index (χ3n) is 3.71. The van der Waals surface area contributed by atoms with Crippen molar-refractivity contribution in [3.8, 4) is 5.75 Å². The maximum Gasteiger partial charge on any atom is 0.229 e. The lowest BCUT2D eigenvalue weighted by Gasteiger charge is -2.15. The number of para-hydroxylation sites is 2. The van der Waals surface area contributed by atoms with E-state index in [0.717, 1.165) is 17.3 Å². The van der Waals surface area contributed by atoms with Crippen LogP contribution in [0, 0.1) is 6.92 Å². The SMILES string of the molecule is Cc1cccc(CNc2ccnc(Nc3ccccc3OC(C)C)n2)c1. The molecule has 0 fully saturated rings. The number of ether oxygens (including phenoxy) is 1. The van der Waals surface area contributed by atoms with Crippen molar-refractivity contribution in [3.63, 3.8) is 0 Å². The zero-order valence-electron chi connectivity index (χ0n) is 15.4. The van der Waals surface area contributed by atoms with Crippen LogP contribution >= 0.6 is 0 Å². The number of aromatic nitrogens is 2. The standard InChI is InChI=1S/C21H24N4O/c1-15(2)26-19-10-5-4-9-18(19)24-21-22-12-11-20(25-21)23-14-17-8-6-7-16(3)13-17/h4-13,15H,14H2,1-3H3,(H2,22,23,24,25). The first-order chi connectivity index (χ1) is 12.6. The van der Waals surface area contributed by atoms with E-state index in [1.807, 2.05) is 44.2 Å². The predicted molar refractivity (Wildman–Crippen MR) is 106 cm³/mol. The summed E-state index contributed by atoms with van der Waals surface area (Å²) in [5.41, 5.74) is 3.31. The minimum Gasteiger partial charge on any atom is -0.489 e. The van der Waals surface area contributed by atoms with Crippen molar-refractivity contribution in [1.82, 2.24) is 9.97 Å². The topological polar surface area (TPSA) is 59.1 Å². The zero-order chi connectivity index (χ0) is 18.4. The Morgan fingerprint density at radius 1 is 1.04 bits per heavy atom. The highest BCUT2D eigenvalue weighted by Crippen LogP contribution is 2.27. The van der Waals surface area contributed by atoms with Crippen LogP contribution in [0.2, 0.25) is 0 Å². The lowest BCUT2D eigenvalue weighted by Crippen LogP contribution is -2.08. The fraction of sp³-hybridized carbons (Fsp3) is 0.238. The highest BCUT2D eigenvalue weighted by molar-refractivity contribution is 5.63. The molecule has 0 saturated heterocycles. The van der Waals surface area contributed by atoms with Crippen molar-refractivity contribution in [2.75, 3.05) is 10.6 Å². The minimum absolute atomic E-state index is 0.0983. The van der Waals surface area contributed by atoms with Crippen LogP contribution in [-0.2, 0) is 6.54 Å². The van der Waals surface area contributed by atoms with Crippen LogP contribution in [0.4, 0.5) is 17.5 Å². The van der Waals surface area contributed by atoms with Crippen LogP contribution in [0.5, 0.6) is 5.75 Å². The van der Waals surface area contributed by atoms with Crippen molar-refractivity contribution in [3.05, 3.63) is 71.9 Å². The summed E-state index contributed by atoms with van der Waals surface area (Å²) >= 11 is 0. The molecule has 1 heterocycles. The molecule has 0 aliphatic carbocycles. The van der Waals surface area contributed by atoms with Gasteiger partial charge in [0.1, 0.15) is 11.6 Å². The molecule has 0 atom stereocenters. The molecular weight excluding hydrogens is 324 g/mol. The van der Waals surface area contributed by atoms with E-state index in [-0.39, 0.29) is 6.10 Å². The Kier molecular flexibility index (Phi) is 5.69. The maximum absolute atomic E-state index is 5.83. The van der Waals surface area contributed by atoms with E-state index in [1.165, 1.54) is 11.1 Å². The van der Waals surface area contributed by atoms with Crippen molar-refractivity contribution in [1.29, 1.82) is 0 Å². The molecule has 0 saturated carbocycles. The van der Waals surface area contributed by atoms with E-state index in [0.29, 0.717) is 12.5 Å². The molecule has 0 amide bonds. The molecular formula is C21H24N4O. The number of nitrogens with one attached hydrogen (secondary N) is 2. The van der Waals surface area contributed by atoms with Crippen LogP contribution in [0.3, 0.4) is 0 Å². The van der Waals surface area contributed by atoms with E-state index in [9.17, 15) is 0 Å². The van der Waals surface area contributed by atoms with E-state index in [4.69, 9.17) is 4.74 Å². The molecule has 2 N–H and O–H groups in total. The predicted octanol–water partition coefficient (Wildman–Crippen LogP) is 4.93. The zero-order valence-corrected chi connectivity index (χ0v) is 15.4. The second kappa shape index (κ2) is 8.34. The first kappa shape index (κ1) is 17.7. The Morgan fingerprint density at radius 2 is 1.88 bits per heavy atom. The van der Waals surface area contributed by atoms with E-state index < -0.39 is 0 Å². The molecule has 5 nitrogen and oxygen atoms in total. The van der Waals surface area contributed by atoms with Gasteiger partial charge in [-0.15, -0.1) is 0 Å². The van der Waals surface area contributed by atoms with Gasteiger partial charge in [-0.3, -0.25) is 0 Å². The fourth-order valence-corrected chi connectivity index (χ4v) is 2.58. The first-order valence-corrected chi connectivity index (χ1v) is 8.75. The Balaban J connectivity index is 1.70. The molecule has 0 spiro atoms. The summed E-state index contributed by atoms with van der Waals surface area (Å²) in [6.45, 7) is 6.81. The Bertz CT molecular complexity index is 864. The van der Waals surface area contributed by atoms with E-state index in [2.05, 4.69) is 51.8 Å². The summed E-state index contributed by atoms with van der Waals surface area (Å²) in [6.07, 6.45) is 1.83. The van der Waals surface area contributed by atoms with Crippen LogP contribution in [0.15, 0.2) is 60.8 Å². The molecule has 1 aromatic heterocycles. The number of aryl methyl sites for hydroxylation is 1. The average Bonchev–Trinajstić information content (AvgIpc) is 2.62.